The zero-order chi connectivity index (χ0) is 18.0. The summed E-state index contributed by atoms with van der Waals surface area (Å²) in [5.41, 5.74) is 1.42. The number of aromatic nitrogens is 2. The Kier molecular flexibility index (Phi) is 5.19. The van der Waals surface area contributed by atoms with E-state index in [-0.39, 0.29) is 11.2 Å². The van der Waals surface area contributed by atoms with Crippen LogP contribution in [0.25, 0.3) is 10.9 Å². The monoisotopic (exact) mass is 419 g/mol. The van der Waals surface area contributed by atoms with Crippen LogP contribution in [0.1, 0.15) is 12.5 Å². The molecule has 6 nitrogen and oxygen atoms in total. The second-order valence-electron chi connectivity index (χ2n) is 5.32. The summed E-state index contributed by atoms with van der Waals surface area (Å²) >= 11 is 4.77. The Labute approximate surface area is 156 Å². The van der Waals surface area contributed by atoms with Crippen LogP contribution >= 0.6 is 27.7 Å². The van der Waals surface area contributed by atoms with Crippen molar-refractivity contribution in [2.45, 2.75) is 24.4 Å². The highest BCUT2D eigenvalue weighted by Gasteiger charge is 2.12. The van der Waals surface area contributed by atoms with Crippen LogP contribution in [0, 0.1) is 10.1 Å². The van der Waals surface area contributed by atoms with E-state index in [1.54, 1.807) is 28.8 Å². The molecule has 25 heavy (non-hydrogen) atoms. The van der Waals surface area contributed by atoms with Gasteiger partial charge in [-0.15, -0.1) is 0 Å². The van der Waals surface area contributed by atoms with Crippen LogP contribution in [0.4, 0.5) is 5.69 Å². The van der Waals surface area contributed by atoms with Gasteiger partial charge in [-0.2, -0.15) is 0 Å². The van der Waals surface area contributed by atoms with Crippen molar-refractivity contribution < 1.29 is 4.92 Å². The minimum Gasteiger partial charge on any atom is -0.287 e. The molecule has 0 radical (unpaired) electrons. The van der Waals surface area contributed by atoms with Gasteiger partial charge >= 0.3 is 0 Å². The average Bonchev–Trinajstić information content (AvgIpc) is 2.61. The summed E-state index contributed by atoms with van der Waals surface area (Å²) < 4.78 is 2.45. The molecule has 1 aromatic heterocycles. The number of rotatable bonds is 5. The van der Waals surface area contributed by atoms with Gasteiger partial charge in [-0.1, -0.05) is 39.8 Å². The molecule has 2 aromatic carbocycles. The van der Waals surface area contributed by atoms with Gasteiger partial charge in [0.15, 0.2) is 5.16 Å². The van der Waals surface area contributed by atoms with E-state index in [0.717, 1.165) is 10.0 Å². The van der Waals surface area contributed by atoms with Gasteiger partial charge in [0.25, 0.3) is 11.2 Å². The van der Waals surface area contributed by atoms with Gasteiger partial charge in [-0.25, -0.2) is 4.98 Å². The first kappa shape index (κ1) is 17.6. The van der Waals surface area contributed by atoms with E-state index in [0.29, 0.717) is 28.4 Å². The molecule has 0 fully saturated rings. The highest BCUT2D eigenvalue weighted by atomic mass is 79.9. The van der Waals surface area contributed by atoms with Crippen LogP contribution in [0.5, 0.6) is 0 Å². The van der Waals surface area contributed by atoms with Crippen LogP contribution < -0.4 is 5.56 Å². The predicted molar refractivity (Wildman–Crippen MR) is 102 cm³/mol. The summed E-state index contributed by atoms with van der Waals surface area (Å²) in [5.74, 6) is 0.496. The van der Waals surface area contributed by atoms with Gasteiger partial charge in [-0.3, -0.25) is 19.5 Å². The van der Waals surface area contributed by atoms with Crippen molar-refractivity contribution in [3.63, 3.8) is 0 Å². The molecule has 0 spiro atoms. The third-order valence-electron chi connectivity index (χ3n) is 3.69. The summed E-state index contributed by atoms with van der Waals surface area (Å²) in [6, 6.07) is 11.9. The fourth-order valence-electron chi connectivity index (χ4n) is 2.47. The molecule has 8 heteroatoms. The van der Waals surface area contributed by atoms with Gasteiger partial charge < -0.3 is 0 Å². The summed E-state index contributed by atoms with van der Waals surface area (Å²) in [6.07, 6.45) is 0. The Hall–Kier alpha value is -2.19. The van der Waals surface area contributed by atoms with Crippen LogP contribution in [0.15, 0.2) is 56.9 Å². The number of thioether (sulfide) groups is 1. The second-order valence-corrected chi connectivity index (χ2v) is 7.18. The number of nitrogens with zero attached hydrogens (tertiary/aromatic N) is 3. The molecule has 0 atom stereocenters. The molecule has 3 rings (SSSR count). The molecular formula is C17H14BrN3O3S. The summed E-state index contributed by atoms with van der Waals surface area (Å²) in [5, 5.41) is 12.1. The van der Waals surface area contributed by atoms with E-state index < -0.39 is 4.92 Å². The molecule has 3 aromatic rings. The molecule has 0 N–H and O–H groups in total. The van der Waals surface area contributed by atoms with Crippen molar-refractivity contribution in [1.82, 2.24) is 9.55 Å². The Balaban J connectivity index is 1.96. The maximum absolute atomic E-state index is 12.7. The van der Waals surface area contributed by atoms with E-state index in [9.17, 15) is 14.9 Å². The van der Waals surface area contributed by atoms with E-state index in [1.807, 2.05) is 19.1 Å². The van der Waals surface area contributed by atoms with Gasteiger partial charge in [-0.05, 0) is 30.7 Å². The maximum Gasteiger partial charge on any atom is 0.269 e. The lowest BCUT2D eigenvalue weighted by Gasteiger charge is -2.11. The van der Waals surface area contributed by atoms with Gasteiger partial charge in [0.2, 0.25) is 0 Å². The third kappa shape index (κ3) is 3.74. The number of non-ortho nitro benzene ring substituents is 1. The summed E-state index contributed by atoms with van der Waals surface area (Å²) in [4.78, 5) is 27.7. The van der Waals surface area contributed by atoms with Crippen LogP contribution in [-0.4, -0.2) is 14.5 Å². The molecule has 0 saturated heterocycles. The largest absolute Gasteiger partial charge is 0.287 e. The first-order chi connectivity index (χ1) is 12.0. The molecule has 0 aliphatic rings. The number of halogens is 1. The minimum atomic E-state index is -0.414. The topological polar surface area (TPSA) is 78.0 Å². The number of hydrogen-bond acceptors (Lipinski definition) is 5. The fraction of sp³-hybridized carbons (Fsp3) is 0.176. The van der Waals surface area contributed by atoms with Crippen molar-refractivity contribution in [1.29, 1.82) is 0 Å². The lowest BCUT2D eigenvalue weighted by atomic mass is 10.2. The number of fused-ring (bicyclic) bond motifs is 1. The maximum atomic E-state index is 12.7. The predicted octanol–water partition coefficient (Wildman–Crippen LogP) is 4.38. The SMILES string of the molecule is CCn1c(SCc2cccc([N+](=O)[O-])c2)nc2ccc(Br)cc2c1=O. The molecule has 0 bridgehead atoms. The van der Waals surface area contributed by atoms with Crippen LogP contribution in [-0.2, 0) is 12.3 Å². The van der Waals surface area contributed by atoms with E-state index in [1.165, 1.54) is 17.8 Å². The quantitative estimate of drug-likeness (QED) is 0.265. The van der Waals surface area contributed by atoms with Crippen LogP contribution in [0.2, 0.25) is 0 Å². The molecule has 128 valence electrons. The fourth-order valence-corrected chi connectivity index (χ4v) is 3.84. The van der Waals surface area contributed by atoms with E-state index in [4.69, 9.17) is 0 Å². The number of hydrogen-bond donors (Lipinski definition) is 0. The smallest absolute Gasteiger partial charge is 0.269 e. The minimum absolute atomic E-state index is 0.0577. The number of nitro benzene ring substituents is 1. The summed E-state index contributed by atoms with van der Waals surface area (Å²) in [6.45, 7) is 2.40. The second kappa shape index (κ2) is 7.37. The first-order valence-electron chi connectivity index (χ1n) is 7.56. The molecule has 0 saturated carbocycles. The zero-order valence-electron chi connectivity index (χ0n) is 13.3. The standard InChI is InChI=1S/C17H14BrN3O3S/c1-2-20-16(22)14-9-12(18)6-7-15(14)19-17(20)25-10-11-4-3-5-13(8-11)21(23)24/h3-9H,2,10H2,1H3. The lowest BCUT2D eigenvalue weighted by molar-refractivity contribution is -0.384. The number of benzene rings is 2. The van der Waals surface area contributed by atoms with Crippen molar-refractivity contribution >= 4 is 44.3 Å². The van der Waals surface area contributed by atoms with Gasteiger partial charge in [0, 0.05) is 28.9 Å². The Morgan fingerprint density at radius 3 is 2.80 bits per heavy atom. The zero-order valence-corrected chi connectivity index (χ0v) is 15.7. The van der Waals surface area contributed by atoms with Gasteiger partial charge in [0.05, 0.1) is 15.8 Å². The first-order valence-corrected chi connectivity index (χ1v) is 9.33. The van der Waals surface area contributed by atoms with Crippen molar-refractivity contribution in [3.05, 3.63) is 73.0 Å². The van der Waals surface area contributed by atoms with E-state index in [2.05, 4.69) is 20.9 Å². The molecule has 0 amide bonds. The van der Waals surface area contributed by atoms with Crippen molar-refractivity contribution in [3.8, 4) is 0 Å². The van der Waals surface area contributed by atoms with Crippen LogP contribution in [0.3, 0.4) is 0 Å². The number of nitro groups is 1. The van der Waals surface area contributed by atoms with Crippen molar-refractivity contribution in [2.24, 2.45) is 0 Å². The highest BCUT2D eigenvalue weighted by Crippen LogP contribution is 2.25. The van der Waals surface area contributed by atoms with E-state index >= 15 is 0 Å². The lowest BCUT2D eigenvalue weighted by Crippen LogP contribution is -2.22. The Morgan fingerprint density at radius 1 is 1.28 bits per heavy atom. The molecule has 0 unspecified atom stereocenters. The molecule has 1 heterocycles. The summed E-state index contributed by atoms with van der Waals surface area (Å²) in [7, 11) is 0. The molecule has 0 aliphatic carbocycles. The van der Waals surface area contributed by atoms with Crippen molar-refractivity contribution in [2.75, 3.05) is 0 Å². The molecule has 0 aliphatic heterocycles. The average molecular weight is 420 g/mol. The highest BCUT2D eigenvalue weighted by molar-refractivity contribution is 9.10. The Morgan fingerprint density at radius 2 is 2.08 bits per heavy atom. The molecular weight excluding hydrogens is 406 g/mol. The normalized spacial score (nSPS) is 11.0. The third-order valence-corrected chi connectivity index (χ3v) is 5.23. The Bertz CT molecular complexity index is 1020. The van der Waals surface area contributed by atoms with Gasteiger partial charge in [0.1, 0.15) is 0 Å².